The van der Waals surface area contributed by atoms with Crippen molar-refractivity contribution < 1.29 is 0 Å². The average molecular weight is 144 g/mol. The molecule has 50 valence electrons. The van der Waals surface area contributed by atoms with Gasteiger partial charge in [0.15, 0.2) is 5.01 Å². The monoisotopic (exact) mass is 144 g/mol. The zero-order chi connectivity index (χ0) is 6.91. The molecule has 0 aliphatic heterocycles. The highest BCUT2D eigenvalue weighted by Crippen LogP contribution is 2.14. The average Bonchev–Trinajstić information content (AvgIpc) is 2.08. The molecule has 5 heteroatoms. The molecule has 0 aliphatic rings. The SMILES string of the molecule is CC(C)(N)c1nnns1. The summed E-state index contributed by atoms with van der Waals surface area (Å²) in [6, 6.07) is 0. The zero-order valence-corrected chi connectivity index (χ0v) is 6.14. The molecule has 0 bridgehead atoms. The van der Waals surface area contributed by atoms with Crippen molar-refractivity contribution in [3.63, 3.8) is 0 Å². The van der Waals surface area contributed by atoms with Gasteiger partial charge in [0.1, 0.15) is 0 Å². The van der Waals surface area contributed by atoms with E-state index in [2.05, 4.69) is 14.8 Å². The fourth-order valence-electron chi connectivity index (χ4n) is 0.381. The molecule has 1 aromatic rings. The third-order valence-corrected chi connectivity index (χ3v) is 1.79. The normalized spacial score (nSPS) is 11.9. The summed E-state index contributed by atoms with van der Waals surface area (Å²) in [5.41, 5.74) is 5.27. The molecule has 0 atom stereocenters. The Kier molecular flexibility index (Phi) is 1.46. The van der Waals surface area contributed by atoms with Crippen LogP contribution in [0.5, 0.6) is 0 Å². The van der Waals surface area contributed by atoms with E-state index < -0.39 is 5.54 Å². The Morgan fingerprint density at radius 3 is 2.44 bits per heavy atom. The summed E-state index contributed by atoms with van der Waals surface area (Å²) in [5, 5.41) is 7.91. The molecule has 0 saturated carbocycles. The second-order valence-corrected chi connectivity index (χ2v) is 3.12. The Morgan fingerprint density at radius 1 is 1.56 bits per heavy atom. The van der Waals surface area contributed by atoms with Crippen LogP contribution in [0.2, 0.25) is 0 Å². The minimum Gasteiger partial charge on any atom is -0.320 e. The van der Waals surface area contributed by atoms with Crippen molar-refractivity contribution in [2.24, 2.45) is 5.73 Å². The number of aromatic nitrogens is 3. The molecule has 9 heavy (non-hydrogen) atoms. The van der Waals surface area contributed by atoms with E-state index in [0.29, 0.717) is 0 Å². The topological polar surface area (TPSA) is 64.7 Å². The van der Waals surface area contributed by atoms with Crippen molar-refractivity contribution >= 4 is 11.5 Å². The summed E-state index contributed by atoms with van der Waals surface area (Å²) in [5.74, 6) is 0. The molecule has 0 saturated heterocycles. The largest absolute Gasteiger partial charge is 0.320 e. The van der Waals surface area contributed by atoms with Crippen LogP contribution in [0.15, 0.2) is 0 Å². The lowest BCUT2D eigenvalue weighted by molar-refractivity contribution is 0.543. The van der Waals surface area contributed by atoms with Gasteiger partial charge in [0.25, 0.3) is 0 Å². The van der Waals surface area contributed by atoms with E-state index in [1.807, 2.05) is 13.8 Å². The summed E-state index contributed by atoms with van der Waals surface area (Å²) in [7, 11) is 0. The molecule has 0 spiro atoms. The van der Waals surface area contributed by atoms with Crippen LogP contribution < -0.4 is 5.73 Å². The molecule has 0 radical (unpaired) electrons. The van der Waals surface area contributed by atoms with Gasteiger partial charge in [-0.25, -0.2) is 0 Å². The van der Waals surface area contributed by atoms with E-state index in [1.54, 1.807) is 0 Å². The lowest BCUT2D eigenvalue weighted by Gasteiger charge is -2.11. The molecule has 0 amide bonds. The van der Waals surface area contributed by atoms with E-state index in [9.17, 15) is 0 Å². The highest BCUT2D eigenvalue weighted by atomic mass is 32.1. The maximum Gasteiger partial charge on any atom is 0.157 e. The van der Waals surface area contributed by atoms with Crippen LogP contribution in [0.1, 0.15) is 18.9 Å². The van der Waals surface area contributed by atoms with E-state index in [1.165, 1.54) is 11.5 Å². The predicted molar refractivity (Wildman–Crippen MR) is 34.9 cm³/mol. The van der Waals surface area contributed by atoms with Crippen molar-refractivity contribution in [1.29, 1.82) is 0 Å². The second-order valence-electron chi connectivity index (χ2n) is 2.39. The van der Waals surface area contributed by atoms with Crippen LogP contribution in [0.4, 0.5) is 0 Å². The lowest BCUT2D eigenvalue weighted by atomic mass is 10.1. The summed E-state index contributed by atoms with van der Waals surface area (Å²) in [6.45, 7) is 3.74. The van der Waals surface area contributed by atoms with Crippen molar-refractivity contribution in [2.45, 2.75) is 19.4 Å². The zero-order valence-electron chi connectivity index (χ0n) is 5.33. The van der Waals surface area contributed by atoms with Crippen molar-refractivity contribution in [3.8, 4) is 0 Å². The van der Waals surface area contributed by atoms with Crippen molar-refractivity contribution in [3.05, 3.63) is 5.01 Å². The van der Waals surface area contributed by atoms with Crippen LogP contribution in [0.25, 0.3) is 0 Å². The standard InChI is InChI=1S/C4H8N4S/c1-4(2,5)3-6-7-8-9-3/h5H2,1-2H3. The fraction of sp³-hybridized carbons (Fsp3) is 0.750. The number of hydrogen-bond acceptors (Lipinski definition) is 5. The molecule has 0 unspecified atom stereocenters. The third-order valence-electron chi connectivity index (χ3n) is 0.851. The van der Waals surface area contributed by atoms with Gasteiger partial charge < -0.3 is 5.73 Å². The molecule has 0 fully saturated rings. The Morgan fingerprint density at radius 2 is 2.22 bits per heavy atom. The van der Waals surface area contributed by atoms with Crippen LogP contribution in [-0.4, -0.2) is 14.8 Å². The maximum atomic E-state index is 5.67. The number of nitrogens with zero attached hydrogens (tertiary/aromatic N) is 3. The highest BCUT2D eigenvalue weighted by molar-refractivity contribution is 7.05. The van der Waals surface area contributed by atoms with E-state index in [0.717, 1.165) is 5.01 Å². The van der Waals surface area contributed by atoms with Crippen LogP contribution >= 0.6 is 11.5 Å². The smallest absolute Gasteiger partial charge is 0.157 e. The van der Waals surface area contributed by atoms with Gasteiger partial charge >= 0.3 is 0 Å². The lowest BCUT2D eigenvalue weighted by Crippen LogP contribution is -2.28. The van der Waals surface area contributed by atoms with E-state index in [-0.39, 0.29) is 0 Å². The van der Waals surface area contributed by atoms with Gasteiger partial charge in [0.05, 0.1) is 5.54 Å². The minimum atomic E-state index is -0.395. The van der Waals surface area contributed by atoms with Gasteiger partial charge in [0, 0.05) is 11.5 Å². The van der Waals surface area contributed by atoms with Gasteiger partial charge in [0.2, 0.25) is 0 Å². The first-order valence-electron chi connectivity index (χ1n) is 2.55. The summed E-state index contributed by atoms with van der Waals surface area (Å²) in [6.07, 6.45) is 0. The van der Waals surface area contributed by atoms with Crippen molar-refractivity contribution in [1.82, 2.24) is 14.8 Å². The summed E-state index contributed by atoms with van der Waals surface area (Å²) >= 11 is 1.23. The molecular formula is C4H8N4S. The van der Waals surface area contributed by atoms with Crippen LogP contribution in [0, 0.1) is 0 Å². The Bertz CT molecular complexity index is 175. The van der Waals surface area contributed by atoms with Gasteiger partial charge in [-0.3, -0.25) is 0 Å². The summed E-state index contributed by atoms with van der Waals surface area (Å²) < 4.78 is 3.59. The number of rotatable bonds is 1. The van der Waals surface area contributed by atoms with E-state index >= 15 is 0 Å². The molecule has 1 aromatic heterocycles. The van der Waals surface area contributed by atoms with Crippen LogP contribution in [0.3, 0.4) is 0 Å². The predicted octanol–water partition coefficient (Wildman–Crippen LogP) is 0.127. The fourth-order valence-corrected chi connectivity index (χ4v) is 0.839. The molecular weight excluding hydrogens is 136 g/mol. The van der Waals surface area contributed by atoms with Gasteiger partial charge in [-0.05, 0) is 19.1 Å². The molecule has 0 aliphatic carbocycles. The van der Waals surface area contributed by atoms with Crippen molar-refractivity contribution in [2.75, 3.05) is 0 Å². The maximum absolute atomic E-state index is 5.67. The first-order valence-corrected chi connectivity index (χ1v) is 3.32. The Hall–Kier alpha value is -0.550. The Balaban J connectivity index is 2.90. The summed E-state index contributed by atoms with van der Waals surface area (Å²) in [4.78, 5) is 0. The van der Waals surface area contributed by atoms with Crippen LogP contribution in [-0.2, 0) is 5.54 Å². The highest BCUT2D eigenvalue weighted by Gasteiger charge is 2.17. The first-order chi connectivity index (χ1) is 4.11. The van der Waals surface area contributed by atoms with Gasteiger partial charge in [-0.1, -0.05) is 4.49 Å². The number of hydrogen-bond donors (Lipinski definition) is 1. The third kappa shape index (κ3) is 1.43. The second kappa shape index (κ2) is 2.00. The van der Waals surface area contributed by atoms with Gasteiger partial charge in [-0.15, -0.1) is 5.10 Å². The molecule has 1 heterocycles. The quantitative estimate of drug-likeness (QED) is 0.608. The molecule has 0 aromatic carbocycles. The molecule has 1 rings (SSSR count). The van der Waals surface area contributed by atoms with Gasteiger partial charge in [-0.2, -0.15) is 0 Å². The van der Waals surface area contributed by atoms with E-state index in [4.69, 9.17) is 5.73 Å². The minimum absolute atomic E-state index is 0.395. The molecule has 4 nitrogen and oxygen atoms in total. The first kappa shape index (κ1) is 6.57. The number of nitrogens with two attached hydrogens (primary N) is 1. The molecule has 2 N–H and O–H groups in total. The Labute approximate surface area is 57.2 Å².